The molecule has 0 fully saturated rings. The van der Waals surface area contributed by atoms with Gasteiger partial charge in [0, 0.05) is 17.1 Å². The van der Waals surface area contributed by atoms with Crippen molar-refractivity contribution in [3.8, 4) is 0 Å². The molecule has 0 aliphatic carbocycles. The van der Waals surface area contributed by atoms with Crippen molar-refractivity contribution >= 4 is 22.6 Å². The lowest BCUT2D eigenvalue weighted by molar-refractivity contribution is 1.43. The molecule has 0 saturated heterocycles. The highest BCUT2D eigenvalue weighted by atomic mass is 14.7. The average molecular weight is 309 g/mol. The highest BCUT2D eigenvalue weighted by molar-refractivity contribution is 6.03. The van der Waals surface area contributed by atoms with Crippen LogP contribution >= 0.6 is 0 Å². The number of rotatable bonds is 3. The van der Waals surface area contributed by atoms with Gasteiger partial charge in [-0.1, -0.05) is 72.8 Å². The third-order valence-electron chi connectivity index (χ3n) is 4.39. The Morgan fingerprint density at radius 2 is 1.50 bits per heavy atom. The summed E-state index contributed by atoms with van der Waals surface area (Å²) in [6.07, 6.45) is 4.36. The number of aromatic amines is 1. The van der Waals surface area contributed by atoms with Gasteiger partial charge >= 0.3 is 0 Å². The van der Waals surface area contributed by atoms with Crippen molar-refractivity contribution in [1.29, 1.82) is 0 Å². The fourth-order valence-electron chi connectivity index (χ4n) is 3.23. The number of aryl methyl sites for hydroxylation is 1. The van der Waals surface area contributed by atoms with Gasteiger partial charge in [-0.3, -0.25) is 0 Å². The van der Waals surface area contributed by atoms with Crippen LogP contribution in [0.3, 0.4) is 0 Å². The molecule has 0 spiro atoms. The largest absolute Gasteiger partial charge is 0.361 e. The highest BCUT2D eigenvalue weighted by Crippen LogP contribution is 2.33. The first-order chi connectivity index (χ1) is 11.8. The Morgan fingerprint density at radius 1 is 0.792 bits per heavy atom. The van der Waals surface area contributed by atoms with E-state index in [-0.39, 0.29) is 0 Å². The number of benzene rings is 3. The van der Waals surface area contributed by atoms with Crippen molar-refractivity contribution < 1.29 is 0 Å². The lowest BCUT2D eigenvalue weighted by atomic mass is 9.92. The van der Waals surface area contributed by atoms with Gasteiger partial charge in [-0.05, 0) is 46.9 Å². The molecule has 1 heteroatoms. The molecule has 0 bridgehead atoms. The van der Waals surface area contributed by atoms with E-state index in [1.807, 2.05) is 0 Å². The molecule has 3 aromatic carbocycles. The van der Waals surface area contributed by atoms with E-state index in [1.54, 1.807) is 0 Å². The predicted octanol–water partition coefficient (Wildman–Crippen LogP) is 6.07. The molecule has 1 N–H and O–H groups in total. The summed E-state index contributed by atoms with van der Waals surface area (Å²) in [5.74, 6) is 0. The summed E-state index contributed by atoms with van der Waals surface area (Å²) in [6.45, 7) is 2.16. The van der Waals surface area contributed by atoms with E-state index in [0.717, 1.165) is 0 Å². The predicted molar refractivity (Wildman–Crippen MR) is 103 cm³/mol. The molecule has 0 saturated carbocycles. The Balaban J connectivity index is 1.99. The lowest BCUT2D eigenvalue weighted by Gasteiger charge is -2.11. The van der Waals surface area contributed by atoms with Crippen LogP contribution in [0.4, 0.5) is 0 Å². The van der Waals surface area contributed by atoms with Crippen molar-refractivity contribution in [3.63, 3.8) is 0 Å². The Bertz CT molecular complexity index is 992. The van der Waals surface area contributed by atoms with Gasteiger partial charge < -0.3 is 4.98 Å². The summed E-state index contributed by atoms with van der Waals surface area (Å²) >= 11 is 0. The zero-order valence-electron chi connectivity index (χ0n) is 13.7. The number of H-pyrrole nitrogens is 1. The van der Waals surface area contributed by atoms with Crippen LogP contribution in [-0.4, -0.2) is 4.98 Å². The van der Waals surface area contributed by atoms with Crippen LogP contribution < -0.4 is 0 Å². The van der Waals surface area contributed by atoms with Crippen LogP contribution in [0.2, 0.25) is 0 Å². The number of fused-ring (bicyclic) bond motifs is 1. The molecule has 24 heavy (non-hydrogen) atoms. The Labute approximate surface area is 142 Å². The minimum absolute atomic E-state index is 1.18. The molecule has 0 unspecified atom stereocenters. The topological polar surface area (TPSA) is 15.8 Å². The summed E-state index contributed by atoms with van der Waals surface area (Å²) in [6, 6.07) is 27.6. The van der Waals surface area contributed by atoms with E-state index >= 15 is 0 Å². The number of hydrogen-bond donors (Lipinski definition) is 1. The fraction of sp³-hybridized carbons (Fsp3) is 0.0435. The van der Waals surface area contributed by atoms with Crippen molar-refractivity contribution in [2.45, 2.75) is 6.92 Å². The first-order valence-corrected chi connectivity index (χ1v) is 8.22. The van der Waals surface area contributed by atoms with Gasteiger partial charge in [0.2, 0.25) is 0 Å². The minimum Gasteiger partial charge on any atom is -0.361 e. The molecule has 116 valence electrons. The van der Waals surface area contributed by atoms with Gasteiger partial charge in [-0.15, -0.1) is 0 Å². The molecule has 0 atom stereocenters. The lowest BCUT2D eigenvalue weighted by Crippen LogP contribution is -1.90. The number of hydrogen-bond acceptors (Lipinski definition) is 0. The molecule has 1 heterocycles. The van der Waals surface area contributed by atoms with E-state index < -0.39 is 0 Å². The normalized spacial score (nSPS) is 11.8. The fourth-order valence-corrected chi connectivity index (χ4v) is 3.23. The summed E-state index contributed by atoms with van der Waals surface area (Å²) in [5.41, 5.74) is 7.41. The smallest absolute Gasteiger partial charge is 0.0462 e. The van der Waals surface area contributed by atoms with Gasteiger partial charge in [0.05, 0.1) is 0 Å². The van der Waals surface area contributed by atoms with Crippen LogP contribution in [0.1, 0.15) is 22.3 Å². The number of nitrogens with one attached hydrogen (secondary N) is 1. The van der Waals surface area contributed by atoms with Crippen LogP contribution in [0, 0.1) is 6.92 Å². The molecule has 0 radical (unpaired) electrons. The van der Waals surface area contributed by atoms with Crippen molar-refractivity contribution in [2.24, 2.45) is 0 Å². The Morgan fingerprint density at radius 3 is 2.25 bits per heavy atom. The zero-order chi connectivity index (χ0) is 16.4. The van der Waals surface area contributed by atoms with E-state index in [0.29, 0.717) is 0 Å². The van der Waals surface area contributed by atoms with Gasteiger partial charge in [0.15, 0.2) is 0 Å². The molecule has 0 aliphatic heterocycles. The van der Waals surface area contributed by atoms with Crippen molar-refractivity contribution in [1.82, 2.24) is 4.98 Å². The van der Waals surface area contributed by atoms with Crippen LogP contribution in [0.15, 0.2) is 85.1 Å². The summed E-state index contributed by atoms with van der Waals surface area (Å²) in [4.78, 5) is 3.37. The molecule has 0 aliphatic rings. The molecular formula is C23H19N. The number of aromatic nitrogens is 1. The van der Waals surface area contributed by atoms with Gasteiger partial charge in [0.1, 0.15) is 0 Å². The van der Waals surface area contributed by atoms with Crippen LogP contribution in [0.5, 0.6) is 0 Å². The summed E-state index contributed by atoms with van der Waals surface area (Å²) in [7, 11) is 0. The van der Waals surface area contributed by atoms with E-state index in [2.05, 4.69) is 103 Å². The first-order valence-electron chi connectivity index (χ1n) is 8.22. The summed E-state index contributed by atoms with van der Waals surface area (Å²) in [5, 5.41) is 1.29. The van der Waals surface area contributed by atoms with Crippen molar-refractivity contribution in [3.05, 3.63) is 107 Å². The molecule has 1 aromatic heterocycles. The second kappa shape index (κ2) is 6.21. The standard InChI is InChI=1S/C23H19N/c1-17-16-24-22-14-8-13-20(23(17)22)21(19-11-6-3-7-12-19)15-18-9-4-2-5-10-18/h2-16,24H,1H3/b21-15+. The van der Waals surface area contributed by atoms with Gasteiger partial charge in [-0.25, -0.2) is 0 Å². The molecule has 1 nitrogen and oxygen atoms in total. The van der Waals surface area contributed by atoms with Crippen LogP contribution in [0.25, 0.3) is 22.6 Å². The zero-order valence-corrected chi connectivity index (χ0v) is 13.7. The average Bonchev–Trinajstić information content (AvgIpc) is 3.03. The second-order valence-electron chi connectivity index (χ2n) is 6.03. The maximum atomic E-state index is 3.37. The minimum atomic E-state index is 1.18. The Kier molecular flexibility index (Phi) is 3.76. The third-order valence-corrected chi connectivity index (χ3v) is 4.39. The van der Waals surface area contributed by atoms with E-state index in [9.17, 15) is 0 Å². The first kappa shape index (κ1) is 14.5. The van der Waals surface area contributed by atoms with E-state index in [4.69, 9.17) is 0 Å². The van der Waals surface area contributed by atoms with Gasteiger partial charge in [0.25, 0.3) is 0 Å². The maximum absolute atomic E-state index is 3.37. The molecule has 4 rings (SSSR count). The second-order valence-corrected chi connectivity index (χ2v) is 6.03. The SMILES string of the molecule is Cc1c[nH]c2cccc(/C(=C/c3ccccc3)c3ccccc3)c12. The van der Waals surface area contributed by atoms with Crippen LogP contribution in [-0.2, 0) is 0 Å². The molecule has 0 amide bonds. The molecule has 4 aromatic rings. The quantitative estimate of drug-likeness (QED) is 0.442. The third kappa shape index (κ3) is 2.65. The van der Waals surface area contributed by atoms with Crippen molar-refractivity contribution in [2.75, 3.05) is 0 Å². The summed E-state index contributed by atoms with van der Waals surface area (Å²) < 4.78 is 0. The Hall–Kier alpha value is -3.06. The maximum Gasteiger partial charge on any atom is 0.0462 e. The highest BCUT2D eigenvalue weighted by Gasteiger charge is 2.11. The van der Waals surface area contributed by atoms with E-state index in [1.165, 1.54) is 38.7 Å². The monoisotopic (exact) mass is 309 g/mol. The van der Waals surface area contributed by atoms with Gasteiger partial charge in [-0.2, -0.15) is 0 Å². The molecular weight excluding hydrogens is 290 g/mol.